The molecule has 0 saturated heterocycles. The molecule has 5 aromatic carbocycles. The number of pyridine rings is 2. The first-order valence-corrected chi connectivity index (χ1v) is 17.6. The lowest BCUT2D eigenvalue weighted by molar-refractivity contribution is 0.483. The summed E-state index contributed by atoms with van der Waals surface area (Å²) in [6.45, 7) is 7.30. The molecule has 0 saturated carbocycles. The van der Waals surface area contributed by atoms with Gasteiger partial charge in [-0.15, -0.1) is 0 Å². The number of para-hydroxylation sites is 2. The molecular formula is C45H35N5O2. The standard InChI is InChI=1S/C45H35N5O2/c1-45(2,3)29-20-23-47-43(24-29)50-36-14-6-4-12-33(36)34-19-18-32(26-39(34)50)51-31-11-8-10-30(25-31)48-28-49(37-21-22-46-27-40(37)48)38-15-9-17-42-44(38)35-13-5-7-16-41(35)52-42/h4-27H,28H2,1-3H3. The van der Waals surface area contributed by atoms with Crippen LogP contribution in [0.5, 0.6) is 11.5 Å². The summed E-state index contributed by atoms with van der Waals surface area (Å²) in [5, 5.41) is 4.54. The molecule has 0 fully saturated rings. The average Bonchev–Trinajstić information content (AvgIpc) is 3.84. The maximum Gasteiger partial charge on any atom is 0.137 e. The van der Waals surface area contributed by atoms with E-state index >= 15 is 0 Å². The Balaban J connectivity index is 1.02. The molecular weight excluding hydrogens is 643 g/mol. The molecule has 7 heteroatoms. The van der Waals surface area contributed by atoms with Crippen molar-refractivity contribution in [2.24, 2.45) is 0 Å². The molecule has 0 unspecified atom stereocenters. The Kier molecular flexibility index (Phi) is 6.67. The van der Waals surface area contributed by atoms with E-state index < -0.39 is 0 Å². The Hall–Kier alpha value is -6.60. The van der Waals surface area contributed by atoms with Crippen LogP contribution in [-0.2, 0) is 5.41 Å². The van der Waals surface area contributed by atoms with Crippen LogP contribution in [0, 0.1) is 0 Å². The highest BCUT2D eigenvalue weighted by Crippen LogP contribution is 2.47. The SMILES string of the molecule is CC(C)(C)c1ccnc(-n2c3ccccc3c3ccc(Oc4cccc(N5CN(c6cccc7oc8ccccc8c67)c6ccncc65)c4)cc32)c1. The lowest BCUT2D eigenvalue weighted by atomic mass is 9.88. The molecule has 0 spiro atoms. The van der Waals surface area contributed by atoms with Crippen LogP contribution in [0.3, 0.4) is 0 Å². The molecule has 1 aliphatic rings. The first kappa shape index (κ1) is 30.2. The number of fused-ring (bicyclic) bond motifs is 7. The summed E-state index contributed by atoms with van der Waals surface area (Å²) in [6, 6.07) is 44.0. The lowest BCUT2D eigenvalue weighted by Crippen LogP contribution is -2.24. The Morgan fingerprint density at radius 2 is 1.40 bits per heavy atom. The second-order valence-electron chi connectivity index (χ2n) is 14.4. The first-order valence-electron chi connectivity index (χ1n) is 17.6. The van der Waals surface area contributed by atoms with Gasteiger partial charge in [-0.3, -0.25) is 9.55 Å². The van der Waals surface area contributed by atoms with Crippen molar-refractivity contribution < 1.29 is 9.15 Å². The topological polar surface area (TPSA) is 59.6 Å². The Morgan fingerprint density at radius 1 is 0.615 bits per heavy atom. The molecule has 0 N–H and O–H groups in total. The quantitative estimate of drug-likeness (QED) is 0.181. The van der Waals surface area contributed by atoms with Gasteiger partial charge in [0.1, 0.15) is 35.2 Å². The fraction of sp³-hybridized carbons (Fsp3) is 0.111. The van der Waals surface area contributed by atoms with Gasteiger partial charge >= 0.3 is 0 Å². The number of furan rings is 1. The van der Waals surface area contributed by atoms with Gasteiger partial charge in [0.15, 0.2) is 0 Å². The van der Waals surface area contributed by atoms with Gasteiger partial charge in [0, 0.05) is 46.4 Å². The number of anilines is 4. The van der Waals surface area contributed by atoms with Crippen molar-refractivity contribution in [1.29, 1.82) is 0 Å². The van der Waals surface area contributed by atoms with Crippen molar-refractivity contribution in [3.8, 4) is 17.3 Å². The summed E-state index contributed by atoms with van der Waals surface area (Å²) >= 11 is 0. The van der Waals surface area contributed by atoms with Crippen molar-refractivity contribution in [3.05, 3.63) is 152 Å². The van der Waals surface area contributed by atoms with Crippen LogP contribution >= 0.6 is 0 Å². The predicted molar refractivity (Wildman–Crippen MR) is 211 cm³/mol. The Morgan fingerprint density at radius 3 is 2.31 bits per heavy atom. The number of ether oxygens (including phenoxy) is 1. The van der Waals surface area contributed by atoms with E-state index in [1.807, 2.05) is 48.9 Å². The third-order valence-electron chi connectivity index (χ3n) is 10.2. The molecule has 5 heterocycles. The molecule has 0 bridgehead atoms. The Bertz CT molecular complexity index is 2830. The van der Waals surface area contributed by atoms with Crippen molar-refractivity contribution in [3.63, 3.8) is 0 Å². The summed E-state index contributed by atoms with van der Waals surface area (Å²) < 4.78 is 15.1. The van der Waals surface area contributed by atoms with E-state index in [0.29, 0.717) is 6.67 Å². The fourth-order valence-corrected chi connectivity index (χ4v) is 7.64. The normalized spacial score (nSPS) is 13.1. The molecule has 4 aromatic heterocycles. The summed E-state index contributed by atoms with van der Waals surface area (Å²) in [7, 11) is 0. The molecule has 0 atom stereocenters. The van der Waals surface area contributed by atoms with Crippen LogP contribution in [0.4, 0.5) is 22.7 Å². The molecule has 7 nitrogen and oxygen atoms in total. The molecule has 0 amide bonds. The highest BCUT2D eigenvalue weighted by Gasteiger charge is 2.30. The van der Waals surface area contributed by atoms with Crippen LogP contribution in [0.25, 0.3) is 49.6 Å². The molecule has 9 aromatic rings. The fourth-order valence-electron chi connectivity index (χ4n) is 7.64. The second-order valence-corrected chi connectivity index (χ2v) is 14.4. The molecule has 1 aliphatic heterocycles. The van der Waals surface area contributed by atoms with E-state index in [1.54, 1.807) is 0 Å². The highest BCUT2D eigenvalue weighted by atomic mass is 16.5. The number of hydrogen-bond donors (Lipinski definition) is 0. The number of nitrogens with zero attached hydrogens (tertiary/aromatic N) is 5. The molecule has 0 aliphatic carbocycles. The molecule has 10 rings (SSSR count). The largest absolute Gasteiger partial charge is 0.457 e. The number of benzene rings is 5. The van der Waals surface area contributed by atoms with Crippen LogP contribution in [0.2, 0.25) is 0 Å². The number of hydrogen-bond acceptors (Lipinski definition) is 6. The van der Waals surface area contributed by atoms with E-state index in [0.717, 1.165) is 78.4 Å². The van der Waals surface area contributed by atoms with Crippen LogP contribution in [-0.4, -0.2) is 21.2 Å². The maximum atomic E-state index is 6.64. The van der Waals surface area contributed by atoms with Crippen molar-refractivity contribution in [2.45, 2.75) is 26.2 Å². The lowest BCUT2D eigenvalue weighted by Gasteiger charge is -2.23. The predicted octanol–water partition coefficient (Wildman–Crippen LogP) is 11.8. The van der Waals surface area contributed by atoms with Gasteiger partial charge in [-0.05, 0) is 77.7 Å². The zero-order valence-electron chi connectivity index (χ0n) is 29.1. The minimum absolute atomic E-state index is 0.000346. The maximum absolute atomic E-state index is 6.64. The minimum Gasteiger partial charge on any atom is -0.457 e. The van der Waals surface area contributed by atoms with Crippen LogP contribution < -0.4 is 14.5 Å². The van der Waals surface area contributed by atoms with Gasteiger partial charge in [0.05, 0.1) is 39.7 Å². The average molecular weight is 678 g/mol. The Labute approximate surface area is 300 Å². The number of rotatable bonds is 5. The first-order chi connectivity index (χ1) is 25.4. The third kappa shape index (κ3) is 4.81. The van der Waals surface area contributed by atoms with E-state index in [9.17, 15) is 0 Å². The monoisotopic (exact) mass is 677 g/mol. The van der Waals surface area contributed by atoms with Crippen LogP contribution in [0.15, 0.2) is 150 Å². The zero-order valence-corrected chi connectivity index (χ0v) is 29.1. The van der Waals surface area contributed by atoms with Crippen molar-refractivity contribution >= 4 is 66.5 Å². The molecule has 0 radical (unpaired) electrons. The van der Waals surface area contributed by atoms with Crippen molar-refractivity contribution in [1.82, 2.24) is 14.5 Å². The van der Waals surface area contributed by atoms with E-state index in [2.05, 4.69) is 137 Å². The van der Waals surface area contributed by atoms with Crippen molar-refractivity contribution in [2.75, 3.05) is 16.5 Å². The van der Waals surface area contributed by atoms with Gasteiger partial charge < -0.3 is 19.0 Å². The van der Waals surface area contributed by atoms with E-state index in [4.69, 9.17) is 14.1 Å². The third-order valence-corrected chi connectivity index (χ3v) is 10.2. The van der Waals surface area contributed by atoms with Gasteiger partial charge in [0.2, 0.25) is 0 Å². The minimum atomic E-state index is -0.000346. The van der Waals surface area contributed by atoms with Gasteiger partial charge in [-0.2, -0.15) is 0 Å². The second kappa shape index (κ2) is 11.5. The zero-order chi connectivity index (χ0) is 35.0. The number of aromatic nitrogens is 3. The highest BCUT2D eigenvalue weighted by molar-refractivity contribution is 6.13. The molecule has 252 valence electrons. The van der Waals surface area contributed by atoms with Crippen LogP contribution in [0.1, 0.15) is 26.3 Å². The summed E-state index contributed by atoms with van der Waals surface area (Å²) in [5.41, 5.74) is 9.37. The van der Waals surface area contributed by atoms with Gasteiger partial charge in [-0.25, -0.2) is 4.98 Å². The summed E-state index contributed by atoms with van der Waals surface area (Å²) in [5.74, 6) is 2.39. The van der Waals surface area contributed by atoms with Gasteiger partial charge in [-0.1, -0.05) is 69.3 Å². The summed E-state index contributed by atoms with van der Waals surface area (Å²) in [6.07, 6.45) is 5.70. The van der Waals surface area contributed by atoms with E-state index in [1.165, 1.54) is 10.9 Å². The van der Waals surface area contributed by atoms with E-state index in [-0.39, 0.29) is 5.41 Å². The summed E-state index contributed by atoms with van der Waals surface area (Å²) in [4.78, 5) is 14.0. The molecule has 52 heavy (non-hydrogen) atoms. The smallest absolute Gasteiger partial charge is 0.137 e. The van der Waals surface area contributed by atoms with Gasteiger partial charge in [0.25, 0.3) is 0 Å².